The van der Waals surface area contributed by atoms with Crippen LogP contribution in [-0.2, 0) is 16.0 Å². The summed E-state index contributed by atoms with van der Waals surface area (Å²) >= 11 is 12.5. The third-order valence-electron chi connectivity index (χ3n) is 4.35. The highest BCUT2D eigenvalue weighted by Crippen LogP contribution is 2.32. The maximum absolute atomic E-state index is 12.9. The van der Waals surface area contributed by atoms with Crippen LogP contribution in [0.5, 0.6) is 0 Å². The Bertz CT molecular complexity index is 866. The normalized spacial score (nSPS) is 11.8. The van der Waals surface area contributed by atoms with E-state index in [0.29, 0.717) is 27.8 Å². The summed E-state index contributed by atoms with van der Waals surface area (Å²) in [5.74, 6) is -0.257. The number of amides is 2. The Morgan fingerprint density at radius 2 is 1.29 bits per heavy atom. The molecule has 2 rings (SSSR count). The van der Waals surface area contributed by atoms with E-state index in [1.54, 1.807) is 42.5 Å². The molecule has 2 aromatic carbocycles. The standard InChI is InChI=1S/C22H26Cl2N2O2/c1-21(2,3)19(27)25-14-8-6-9-15(12-14)26-20(28)22(4,5)13-16-17(23)10-7-11-18(16)24/h6-12H,13H2,1-5H3,(H,25,27)(H,26,28). The minimum absolute atomic E-state index is 0.0929. The first-order valence-corrected chi connectivity index (χ1v) is 9.81. The van der Waals surface area contributed by atoms with Gasteiger partial charge < -0.3 is 10.6 Å². The van der Waals surface area contributed by atoms with Gasteiger partial charge in [0.2, 0.25) is 11.8 Å². The average molecular weight is 421 g/mol. The van der Waals surface area contributed by atoms with Gasteiger partial charge in [0.15, 0.2) is 0 Å². The van der Waals surface area contributed by atoms with Crippen molar-refractivity contribution in [1.82, 2.24) is 0 Å². The lowest BCUT2D eigenvalue weighted by molar-refractivity contribution is -0.124. The number of carbonyl (C=O) groups is 2. The van der Waals surface area contributed by atoms with Crippen LogP contribution in [0.2, 0.25) is 10.0 Å². The topological polar surface area (TPSA) is 58.2 Å². The molecule has 2 amide bonds. The van der Waals surface area contributed by atoms with E-state index >= 15 is 0 Å². The largest absolute Gasteiger partial charge is 0.326 e. The van der Waals surface area contributed by atoms with E-state index in [2.05, 4.69) is 10.6 Å². The molecule has 28 heavy (non-hydrogen) atoms. The molecule has 0 saturated carbocycles. The van der Waals surface area contributed by atoms with Crippen molar-refractivity contribution in [2.45, 2.75) is 41.0 Å². The van der Waals surface area contributed by atoms with Gasteiger partial charge in [0.1, 0.15) is 0 Å². The van der Waals surface area contributed by atoms with Gasteiger partial charge in [0, 0.05) is 32.3 Å². The van der Waals surface area contributed by atoms with Crippen LogP contribution in [0.25, 0.3) is 0 Å². The maximum atomic E-state index is 12.9. The monoisotopic (exact) mass is 420 g/mol. The number of hydrogen-bond donors (Lipinski definition) is 2. The van der Waals surface area contributed by atoms with Gasteiger partial charge in [-0.05, 0) is 42.3 Å². The summed E-state index contributed by atoms with van der Waals surface area (Å²) in [7, 11) is 0. The smallest absolute Gasteiger partial charge is 0.230 e. The van der Waals surface area contributed by atoms with Crippen molar-refractivity contribution in [3.63, 3.8) is 0 Å². The molecule has 0 radical (unpaired) electrons. The number of nitrogens with one attached hydrogen (secondary N) is 2. The maximum Gasteiger partial charge on any atom is 0.230 e. The van der Waals surface area contributed by atoms with E-state index in [9.17, 15) is 9.59 Å². The van der Waals surface area contributed by atoms with Crippen molar-refractivity contribution in [2.75, 3.05) is 10.6 Å². The summed E-state index contributed by atoms with van der Waals surface area (Å²) in [4.78, 5) is 25.0. The van der Waals surface area contributed by atoms with Crippen molar-refractivity contribution in [2.24, 2.45) is 10.8 Å². The van der Waals surface area contributed by atoms with Gasteiger partial charge in [-0.3, -0.25) is 9.59 Å². The van der Waals surface area contributed by atoms with Gasteiger partial charge in [-0.25, -0.2) is 0 Å². The number of anilines is 2. The lowest BCUT2D eigenvalue weighted by atomic mass is 9.84. The van der Waals surface area contributed by atoms with Crippen molar-refractivity contribution in [1.29, 1.82) is 0 Å². The second kappa shape index (κ2) is 8.54. The van der Waals surface area contributed by atoms with Gasteiger partial charge in [-0.15, -0.1) is 0 Å². The molecule has 4 nitrogen and oxygen atoms in total. The molecule has 0 aliphatic carbocycles. The average Bonchev–Trinajstić information content (AvgIpc) is 2.58. The predicted molar refractivity (Wildman–Crippen MR) is 117 cm³/mol. The molecule has 2 N–H and O–H groups in total. The number of halogens is 2. The molecule has 0 bridgehead atoms. The number of rotatable bonds is 5. The van der Waals surface area contributed by atoms with Crippen molar-refractivity contribution in [3.05, 3.63) is 58.1 Å². The van der Waals surface area contributed by atoms with Crippen molar-refractivity contribution < 1.29 is 9.59 Å². The van der Waals surface area contributed by atoms with E-state index in [0.717, 1.165) is 5.56 Å². The molecule has 0 fully saturated rings. The molecule has 0 atom stereocenters. The zero-order chi connectivity index (χ0) is 21.1. The third kappa shape index (κ3) is 5.73. The molecule has 0 aliphatic heterocycles. The summed E-state index contributed by atoms with van der Waals surface area (Å²) in [5, 5.41) is 6.87. The molecule has 0 aliphatic rings. The summed E-state index contributed by atoms with van der Waals surface area (Å²) < 4.78 is 0. The number of carbonyl (C=O) groups excluding carboxylic acids is 2. The molecule has 2 aromatic rings. The Balaban J connectivity index is 2.13. The van der Waals surface area contributed by atoms with Crippen LogP contribution in [0.3, 0.4) is 0 Å². The van der Waals surface area contributed by atoms with Gasteiger partial charge in [-0.2, -0.15) is 0 Å². The fraction of sp³-hybridized carbons (Fsp3) is 0.364. The van der Waals surface area contributed by atoms with Crippen LogP contribution in [0.4, 0.5) is 11.4 Å². The highest BCUT2D eigenvalue weighted by atomic mass is 35.5. The first-order valence-electron chi connectivity index (χ1n) is 9.06. The quantitative estimate of drug-likeness (QED) is 0.605. The van der Waals surface area contributed by atoms with Crippen LogP contribution in [0, 0.1) is 10.8 Å². The summed E-state index contributed by atoms with van der Waals surface area (Å²) in [6, 6.07) is 12.4. The third-order valence-corrected chi connectivity index (χ3v) is 5.06. The number of hydrogen-bond acceptors (Lipinski definition) is 2. The van der Waals surface area contributed by atoms with Crippen molar-refractivity contribution in [3.8, 4) is 0 Å². The van der Waals surface area contributed by atoms with Gasteiger partial charge in [0.25, 0.3) is 0 Å². The van der Waals surface area contributed by atoms with Crippen molar-refractivity contribution >= 4 is 46.4 Å². The van der Waals surface area contributed by atoms with Crippen LogP contribution in [0.15, 0.2) is 42.5 Å². The van der Waals surface area contributed by atoms with Gasteiger partial charge in [-0.1, -0.05) is 70.0 Å². The van der Waals surface area contributed by atoms with Crippen LogP contribution < -0.4 is 10.6 Å². The Hall–Kier alpha value is -2.04. The Morgan fingerprint density at radius 1 is 0.821 bits per heavy atom. The molecule has 0 aromatic heterocycles. The molecule has 0 unspecified atom stereocenters. The van der Waals surface area contributed by atoms with E-state index in [4.69, 9.17) is 23.2 Å². The highest BCUT2D eigenvalue weighted by Gasteiger charge is 2.30. The molecule has 0 spiro atoms. The lowest BCUT2D eigenvalue weighted by Gasteiger charge is -2.25. The molecule has 0 saturated heterocycles. The van der Waals surface area contributed by atoms with E-state index < -0.39 is 10.8 Å². The second-order valence-electron chi connectivity index (χ2n) is 8.50. The van der Waals surface area contributed by atoms with E-state index in [1.807, 2.05) is 34.6 Å². The summed E-state index contributed by atoms with van der Waals surface area (Å²) in [5.41, 5.74) is 0.742. The fourth-order valence-electron chi connectivity index (χ4n) is 2.52. The second-order valence-corrected chi connectivity index (χ2v) is 9.31. The molecule has 0 heterocycles. The minimum atomic E-state index is -0.737. The zero-order valence-electron chi connectivity index (χ0n) is 16.8. The number of benzene rings is 2. The zero-order valence-corrected chi connectivity index (χ0v) is 18.3. The minimum Gasteiger partial charge on any atom is -0.326 e. The molecule has 150 valence electrons. The summed E-state index contributed by atoms with van der Waals surface area (Å²) in [6.45, 7) is 9.21. The fourth-order valence-corrected chi connectivity index (χ4v) is 3.05. The van der Waals surface area contributed by atoms with Crippen LogP contribution in [-0.4, -0.2) is 11.8 Å². The van der Waals surface area contributed by atoms with E-state index in [1.165, 1.54) is 0 Å². The predicted octanol–water partition coefficient (Wildman–Crippen LogP) is 6.19. The van der Waals surface area contributed by atoms with Crippen LogP contribution >= 0.6 is 23.2 Å². The Labute approximate surface area is 176 Å². The van der Waals surface area contributed by atoms with Gasteiger partial charge >= 0.3 is 0 Å². The Kier molecular flexibility index (Phi) is 6.79. The molecule has 6 heteroatoms. The summed E-state index contributed by atoms with van der Waals surface area (Å²) in [6.07, 6.45) is 0.401. The lowest BCUT2D eigenvalue weighted by Crippen LogP contribution is -2.33. The highest BCUT2D eigenvalue weighted by molar-refractivity contribution is 6.36. The molecular weight excluding hydrogens is 395 g/mol. The van der Waals surface area contributed by atoms with Gasteiger partial charge in [0.05, 0.1) is 0 Å². The first-order chi connectivity index (χ1) is 12.9. The molecular formula is C22H26Cl2N2O2. The first kappa shape index (κ1) is 22.3. The van der Waals surface area contributed by atoms with E-state index in [-0.39, 0.29) is 11.8 Å². The van der Waals surface area contributed by atoms with Crippen LogP contribution in [0.1, 0.15) is 40.2 Å². The SMILES string of the molecule is CC(C)(C)C(=O)Nc1cccc(NC(=O)C(C)(C)Cc2c(Cl)cccc2Cl)c1. The Morgan fingerprint density at radius 3 is 1.79 bits per heavy atom.